The summed E-state index contributed by atoms with van der Waals surface area (Å²) in [4.78, 5) is 11.4. The van der Waals surface area contributed by atoms with Gasteiger partial charge in [-0.25, -0.2) is 0 Å². The molecule has 15 heavy (non-hydrogen) atoms. The molecule has 0 N–H and O–H groups in total. The lowest BCUT2D eigenvalue weighted by atomic mass is 10.1. The lowest BCUT2D eigenvalue weighted by Crippen LogP contribution is -2.13. The molecule has 0 unspecified atom stereocenters. The number of hydrogen-bond acceptors (Lipinski definition) is 2. The minimum Gasteiger partial charge on any atom is -0.486 e. The summed E-state index contributed by atoms with van der Waals surface area (Å²) in [6.07, 6.45) is 2.10. The summed E-state index contributed by atoms with van der Waals surface area (Å²) < 4.78 is 5.53. The van der Waals surface area contributed by atoms with Gasteiger partial charge in [0.05, 0.1) is 0 Å². The molecule has 1 fully saturated rings. The molecule has 2 nitrogen and oxygen atoms in total. The predicted molar refractivity (Wildman–Crippen MR) is 59.1 cm³/mol. The van der Waals surface area contributed by atoms with Gasteiger partial charge in [0, 0.05) is 5.92 Å². The number of ketones is 1. The van der Waals surface area contributed by atoms with E-state index in [0.29, 0.717) is 0 Å². The van der Waals surface area contributed by atoms with E-state index in [1.54, 1.807) is 0 Å². The van der Waals surface area contributed by atoms with Crippen LogP contribution in [-0.4, -0.2) is 12.4 Å². The molecule has 1 aromatic carbocycles. The number of Topliss-reactive ketones (excluding diaryl/α,β-unsaturated/α-hetero) is 1. The van der Waals surface area contributed by atoms with Crippen molar-refractivity contribution in [3.8, 4) is 5.75 Å². The zero-order valence-corrected chi connectivity index (χ0v) is 9.25. The van der Waals surface area contributed by atoms with Crippen LogP contribution in [0.3, 0.4) is 0 Å². The first kappa shape index (κ1) is 10.2. The zero-order valence-electron chi connectivity index (χ0n) is 9.25. The first-order valence-electron chi connectivity index (χ1n) is 5.40. The summed E-state index contributed by atoms with van der Waals surface area (Å²) >= 11 is 0. The molecule has 0 saturated heterocycles. The van der Waals surface area contributed by atoms with Gasteiger partial charge in [0.1, 0.15) is 12.4 Å². The Bertz CT molecular complexity index is 378. The molecule has 1 aliphatic carbocycles. The largest absolute Gasteiger partial charge is 0.486 e. The Morgan fingerprint density at radius 3 is 2.80 bits per heavy atom. The maximum Gasteiger partial charge on any atom is 0.173 e. The highest BCUT2D eigenvalue weighted by Gasteiger charge is 2.29. The van der Waals surface area contributed by atoms with Crippen molar-refractivity contribution in [1.29, 1.82) is 0 Å². The smallest absolute Gasteiger partial charge is 0.173 e. The highest BCUT2D eigenvalue weighted by atomic mass is 16.5. The lowest BCUT2D eigenvalue weighted by Gasteiger charge is -2.09. The number of aryl methyl sites for hydroxylation is 1. The third-order valence-corrected chi connectivity index (χ3v) is 2.96. The molecule has 0 radical (unpaired) electrons. The van der Waals surface area contributed by atoms with Crippen molar-refractivity contribution < 1.29 is 9.53 Å². The molecule has 80 valence electrons. The monoisotopic (exact) mass is 204 g/mol. The molecule has 1 saturated carbocycles. The maximum absolute atomic E-state index is 11.4. The zero-order chi connectivity index (χ0) is 10.8. The third kappa shape index (κ3) is 2.38. The number of rotatable bonds is 4. The molecule has 0 spiro atoms. The normalized spacial score (nSPS) is 15.1. The summed E-state index contributed by atoms with van der Waals surface area (Å²) in [6, 6.07) is 5.92. The number of carbonyl (C=O) groups is 1. The summed E-state index contributed by atoms with van der Waals surface area (Å²) in [5, 5.41) is 0. The predicted octanol–water partition coefficient (Wildman–Crippen LogP) is 2.66. The van der Waals surface area contributed by atoms with E-state index in [4.69, 9.17) is 4.74 Å². The molecule has 1 aliphatic rings. The molecule has 2 heteroatoms. The van der Waals surface area contributed by atoms with Crippen LogP contribution in [0.15, 0.2) is 18.2 Å². The topological polar surface area (TPSA) is 26.3 Å². The molecule has 1 aromatic rings. The molecule has 0 heterocycles. The highest BCUT2D eigenvalue weighted by molar-refractivity contribution is 5.84. The van der Waals surface area contributed by atoms with E-state index in [1.807, 2.05) is 32.0 Å². The van der Waals surface area contributed by atoms with Crippen LogP contribution in [0, 0.1) is 19.8 Å². The van der Waals surface area contributed by atoms with Gasteiger partial charge in [-0.1, -0.05) is 12.1 Å². The highest BCUT2D eigenvalue weighted by Crippen LogP contribution is 2.30. The minimum atomic E-state index is 0.231. The number of carbonyl (C=O) groups excluding carboxylic acids is 1. The van der Waals surface area contributed by atoms with Crippen LogP contribution in [0.2, 0.25) is 0 Å². The second kappa shape index (κ2) is 4.05. The van der Waals surface area contributed by atoms with Crippen molar-refractivity contribution >= 4 is 5.78 Å². The second-order valence-electron chi connectivity index (χ2n) is 4.23. The summed E-state index contributed by atoms with van der Waals surface area (Å²) in [5.74, 6) is 1.37. The Hall–Kier alpha value is -1.31. The Morgan fingerprint density at radius 2 is 2.13 bits per heavy atom. The quantitative estimate of drug-likeness (QED) is 0.753. The van der Waals surface area contributed by atoms with E-state index >= 15 is 0 Å². The number of benzene rings is 1. The molecular formula is C13H16O2. The molecule has 2 rings (SSSR count). The van der Waals surface area contributed by atoms with Gasteiger partial charge in [0.15, 0.2) is 5.78 Å². The average molecular weight is 204 g/mol. The Labute approximate surface area is 90.3 Å². The molecule has 0 amide bonds. The van der Waals surface area contributed by atoms with E-state index in [1.165, 1.54) is 5.56 Å². The van der Waals surface area contributed by atoms with Crippen LogP contribution < -0.4 is 4.74 Å². The van der Waals surface area contributed by atoms with Crippen LogP contribution in [0.1, 0.15) is 24.0 Å². The lowest BCUT2D eigenvalue weighted by molar-refractivity contribution is -0.122. The SMILES string of the molecule is Cc1cccc(OCC(=O)C2CC2)c1C. The Balaban J connectivity index is 1.98. The average Bonchev–Trinajstić information content (AvgIpc) is 3.03. The van der Waals surface area contributed by atoms with Crippen molar-refractivity contribution in [2.75, 3.05) is 6.61 Å². The van der Waals surface area contributed by atoms with Gasteiger partial charge >= 0.3 is 0 Å². The van der Waals surface area contributed by atoms with Gasteiger partial charge in [0.25, 0.3) is 0 Å². The van der Waals surface area contributed by atoms with Crippen LogP contribution >= 0.6 is 0 Å². The van der Waals surface area contributed by atoms with Crippen LogP contribution in [0.4, 0.5) is 0 Å². The maximum atomic E-state index is 11.4. The number of ether oxygens (including phenoxy) is 1. The second-order valence-corrected chi connectivity index (χ2v) is 4.23. The standard InChI is InChI=1S/C13H16O2/c1-9-4-3-5-13(10(9)2)15-8-12(14)11-6-7-11/h3-5,11H,6-8H2,1-2H3. The third-order valence-electron chi connectivity index (χ3n) is 2.96. The fraction of sp³-hybridized carbons (Fsp3) is 0.462. The van der Waals surface area contributed by atoms with E-state index in [2.05, 4.69) is 0 Å². The van der Waals surface area contributed by atoms with E-state index in [0.717, 1.165) is 24.2 Å². The Kier molecular flexibility index (Phi) is 2.76. The van der Waals surface area contributed by atoms with Gasteiger partial charge in [-0.2, -0.15) is 0 Å². The Morgan fingerprint density at radius 1 is 1.40 bits per heavy atom. The number of hydrogen-bond donors (Lipinski definition) is 0. The summed E-state index contributed by atoms with van der Waals surface area (Å²) in [7, 11) is 0. The molecular weight excluding hydrogens is 188 g/mol. The van der Waals surface area contributed by atoms with E-state index < -0.39 is 0 Å². The summed E-state index contributed by atoms with van der Waals surface area (Å²) in [6.45, 7) is 4.30. The fourth-order valence-corrected chi connectivity index (χ4v) is 1.55. The van der Waals surface area contributed by atoms with Crippen molar-refractivity contribution in [1.82, 2.24) is 0 Å². The van der Waals surface area contributed by atoms with Gasteiger partial charge in [0.2, 0.25) is 0 Å². The fourth-order valence-electron chi connectivity index (χ4n) is 1.55. The van der Waals surface area contributed by atoms with E-state index in [-0.39, 0.29) is 18.3 Å². The molecule has 0 aromatic heterocycles. The van der Waals surface area contributed by atoms with Crippen molar-refractivity contribution in [2.45, 2.75) is 26.7 Å². The summed E-state index contributed by atoms with van der Waals surface area (Å²) in [5.41, 5.74) is 2.33. The first-order chi connectivity index (χ1) is 7.18. The van der Waals surface area contributed by atoms with Gasteiger partial charge in [-0.3, -0.25) is 4.79 Å². The van der Waals surface area contributed by atoms with Gasteiger partial charge in [-0.05, 0) is 43.9 Å². The van der Waals surface area contributed by atoms with Crippen molar-refractivity contribution in [2.24, 2.45) is 5.92 Å². The van der Waals surface area contributed by atoms with Crippen LogP contribution in [-0.2, 0) is 4.79 Å². The molecule has 0 aliphatic heterocycles. The van der Waals surface area contributed by atoms with Gasteiger partial charge in [-0.15, -0.1) is 0 Å². The first-order valence-corrected chi connectivity index (χ1v) is 5.40. The molecule has 0 bridgehead atoms. The van der Waals surface area contributed by atoms with Crippen LogP contribution in [0.5, 0.6) is 5.75 Å². The van der Waals surface area contributed by atoms with Crippen molar-refractivity contribution in [3.63, 3.8) is 0 Å². The van der Waals surface area contributed by atoms with Gasteiger partial charge < -0.3 is 4.74 Å². The van der Waals surface area contributed by atoms with E-state index in [9.17, 15) is 4.79 Å². The molecule has 0 atom stereocenters. The van der Waals surface area contributed by atoms with Crippen LogP contribution in [0.25, 0.3) is 0 Å². The minimum absolute atomic E-state index is 0.231. The van der Waals surface area contributed by atoms with Crippen molar-refractivity contribution in [3.05, 3.63) is 29.3 Å².